The minimum absolute atomic E-state index is 0.0770. The van der Waals surface area contributed by atoms with E-state index >= 15 is 0 Å². The van der Waals surface area contributed by atoms with Crippen molar-refractivity contribution in [3.63, 3.8) is 0 Å². The Balaban J connectivity index is 1.91. The van der Waals surface area contributed by atoms with Crippen LogP contribution in [0.15, 0.2) is 60.8 Å². The molecule has 0 saturated carbocycles. The van der Waals surface area contributed by atoms with Gasteiger partial charge in [0.15, 0.2) is 0 Å². The van der Waals surface area contributed by atoms with Crippen LogP contribution in [0.5, 0.6) is 11.6 Å². The van der Waals surface area contributed by atoms with Gasteiger partial charge in [0.2, 0.25) is 5.88 Å². The molecule has 106 valence electrons. The molecule has 0 saturated heterocycles. The van der Waals surface area contributed by atoms with E-state index in [-0.39, 0.29) is 6.04 Å². The van der Waals surface area contributed by atoms with Crippen molar-refractivity contribution in [2.75, 3.05) is 0 Å². The number of benzene rings is 2. The SMILES string of the molecule is CC(N)Cc1cccnc1Oc1ccc2ccccc2c1. The van der Waals surface area contributed by atoms with Crippen LogP contribution < -0.4 is 10.5 Å². The first-order valence-electron chi connectivity index (χ1n) is 7.08. The lowest BCUT2D eigenvalue weighted by atomic mass is 10.1. The predicted octanol–water partition coefficient (Wildman–Crippen LogP) is 3.92. The molecule has 1 unspecified atom stereocenters. The highest BCUT2D eigenvalue weighted by molar-refractivity contribution is 5.83. The lowest BCUT2D eigenvalue weighted by molar-refractivity contribution is 0.454. The highest BCUT2D eigenvalue weighted by Gasteiger charge is 2.08. The molecular formula is C18H18N2O. The fraction of sp³-hybridized carbons (Fsp3) is 0.167. The van der Waals surface area contributed by atoms with Crippen LogP contribution in [0.2, 0.25) is 0 Å². The van der Waals surface area contributed by atoms with E-state index in [0.29, 0.717) is 5.88 Å². The third-order valence-electron chi connectivity index (χ3n) is 3.33. The molecule has 3 rings (SSSR count). The van der Waals surface area contributed by atoms with E-state index in [9.17, 15) is 0 Å². The molecule has 0 bridgehead atoms. The van der Waals surface area contributed by atoms with E-state index in [1.54, 1.807) is 6.20 Å². The molecule has 0 aliphatic rings. The summed E-state index contributed by atoms with van der Waals surface area (Å²) in [6.45, 7) is 1.98. The molecule has 1 heterocycles. The highest BCUT2D eigenvalue weighted by Crippen LogP contribution is 2.26. The largest absolute Gasteiger partial charge is 0.439 e. The predicted molar refractivity (Wildman–Crippen MR) is 85.6 cm³/mol. The molecule has 21 heavy (non-hydrogen) atoms. The van der Waals surface area contributed by atoms with Crippen LogP contribution in [0, 0.1) is 0 Å². The summed E-state index contributed by atoms with van der Waals surface area (Å²) in [7, 11) is 0. The van der Waals surface area contributed by atoms with Crippen LogP contribution in [0.1, 0.15) is 12.5 Å². The summed E-state index contributed by atoms with van der Waals surface area (Å²) in [4.78, 5) is 4.33. The average molecular weight is 278 g/mol. The maximum Gasteiger partial charge on any atom is 0.222 e. The second kappa shape index (κ2) is 5.94. The van der Waals surface area contributed by atoms with Gasteiger partial charge in [-0.15, -0.1) is 0 Å². The number of nitrogens with two attached hydrogens (primary N) is 1. The summed E-state index contributed by atoms with van der Waals surface area (Å²) < 4.78 is 5.95. The summed E-state index contributed by atoms with van der Waals surface area (Å²) in [6, 6.07) is 18.2. The Kier molecular flexibility index (Phi) is 3.84. The molecule has 0 amide bonds. The van der Waals surface area contributed by atoms with Gasteiger partial charge in [-0.2, -0.15) is 0 Å². The zero-order chi connectivity index (χ0) is 14.7. The zero-order valence-electron chi connectivity index (χ0n) is 12.0. The van der Waals surface area contributed by atoms with Gasteiger partial charge in [-0.25, -0.2) is 4.98 Å². The molecule has 0 aliphatic carbocycles. The number of fused-ring (bicyclic) bond motifs is 1. The van der Waals surface area contributed by atoms with Gasteiger partial charge in [0, 0.05) is 17.8 Å². The third-order valence-corrected chi connectivity index (χ3v) is 3.33. The van der Waals surface area contributed by atoms with Crippen molar-refractivity contribution >= 4 is 10.8 Å². The number of ether oxygens (including phenoxy) is 1. The lowest BCUT2D eigenvalue weighted by Gasteiger charge is -2.12. The van der Waals surface area contributed by atoms with Crippen LogP contribution in [0.4, 0.5) is 0 Å². The van der Waals surface area contributed by atoms with Crippen LogP contribution >= 0.6 is 0 Å². The van der Waals surface area contributed by atoms with Gasteiger partial charge in [-0.1, -0.05) is 36.4 Å². The van der Waals surface area contributed by atoms with Crippen molar-refractivity contribution < 1.29 is 4.74 Å². The Labute approximate surface area is 124 Å². The fourth-order valence-electron chi connectivity index (χ4n) is 2.36. The number of hydrogen-bond acceptors (Lipinski definition) is 3. The lowest BCUT2D eigenvalue weighted by Crippen LogP contribution is -2.18. The van der Waals surface area contributed by atoms with E-state index in [1.807, 2.05) is 43.3 Å². The molecule has 2 N–H and O–H groups in total. The Morgan fingerprint density at radius 2 is 1.86 bits per heavy atom. The number of rotatable bonds is 4. The fourth-order valence-corrected chi connectivity index (χ4v) is 2.36. The number of aromatic nitrogens is 1. The molecule has 2 aromatic carbocycles. The monoisotopic (exact) mass is 278 g/mol. The molecular weight excluding hydrogens is 260 g/mol. The molecule has 3 nitrogen and oxygen atoms in total. The summed E-state index contributed by atoms with van der Waals surface area (Å²) in [6.07, 6.45) is 2.48. The maximum absolute atomic E-state index is 5.95. The van der Waals surface area contributed by atoms with Crippen LogP contribution in [0.3, 0.4) is 0 Å². The highest BCUT2D eigenvalue weighted by atomic mass is 16.5. The quantitative estimate of drug-likeness (QED) is 0.787. The average Bonchev–Trinajstić information content (AvgIpc) is 2.49. The van der Waals surface area contributed by atoms with E-state index in [1.165, 1.54) is 5.39 Å². The second-order valence-corrected chi connectivity index (χ2v) is 5.26. The topological polar surface area (TPSA) is 48.1 Å². The summed E-state index contributed by atoms with van der Waals surface area (Å²) in [5.74, 6) is 1.42. The molecule has 0 radical (unpaired) electrons. The molecule has 3 aromatic rings. The Morgan fingerprint density at radius 3 is 2.67 bits per heavy atom. The molecule has 1 aromatic heterocycles. The Morgan fingerprint density at radius 1 is 1.05 bits per heavy atom. The number of hydrogen-bond donors (Lipinski definition) is 1. The molecule has 0 aliphatic heterocycles. The summed E-state index contributed by atoms with van der Waals surface area (Å²) in [5.41, 5.74) is 6.91. The van der Waals surface area contributed by atoms with Crippen molar-refractivity contribution in [2.24, 2.45) is 5.73 Å². The Hall–Kier alpha value is -2.39. The number of pyridine rings is 1. The van der Waals surface area contributed by atoms with Crippen LogP contribution in [0.25, 0.3) is 10.8 Å². The van der Waals surface area contributed by atoms with Crippen molar-refractivity contribution in [3.8, 4) is 11.6 Å². The van der Waals surface area contributed by atoms with Crippen LogP contribution in [-0.2, 0) is 6.42 Å². The minimum Gasteiger partial charge on any atom is -0.439 e. The van der Waals surface area contributed by atoms with Gasteiger partial charge in [0.05, 0.1) is 0 Å². The third kappa shape index (κ3) is 3.20. The standard InChI is InChI=1S/C18H18N2O/c1-13(19)11-16-7-4-10-20-18(16)21-17-9-8-14-5-2-3-6-15(14)12-17/h2-10,12-13H,11,19H2,1H3. The van der Waals surface area contributed by atoms with Crippen molar-refractivity contribution in [3.05, 3.63) is 66.4 Å². The smallest absolute Gasteiger partial charge is 0.222 e. The first kappa shape index (κ1) is 13.6. The first-order valence-corrected chi connectivity index (χ1v) is 7.08. The minimum atomic E-state index is 0.0770. The van der Waals surface area contributed by atoms with E-state index in [4.69, 9.17) is 10.5 Å². The normalized spacial score (nSPS) is 12.3. The molecule has 0 spiro atoms. The summed E-state index contributed by atoms with van der Waals surface area (Å²) in [5, 5.41) is 2.35. The zero-order valence-corrected chi connectivity index (χ0v) is 12.0. The van der Waals surface area contributed by atoms with Gasteiger partial charge in [-0.05, 0) is 42.3 Å². The summed E-state index contributed by atoms with van der Waals surface area (Å²) >= 11 is 0. The van der Waals surface area contributed by atoms with Crippen LogP contribution in [-0.4, -0.2) is 11.0 Å². The van der Waals surface area contributed by atoms with Gasteiger partial charge in [0.25, 0.3) is 0 Å². The number of nitrogens with zero attached hydrogens (tertiary/aromatic N) is 1. The van der Waals surface area contributed by atoms with E-state index < -0.39 is 0 Å². The van der Waals surface area contributed by atoms with Crippen molar-refractivity contribution in [1.29, 1.82) is 0 Å². The van der Waals surface area contributed by atoms with Gasteiger partial charge >= 0.3 is 0 Å². The van der Waals surface area contributed by atoms with Gasteiger partial charge in [0.1, 0.15) is 5.75 Å². The van der Waals surface area contributed by atoms with Crippen molar-refractivity contribution in [1.82, 2.24) is 4.98 Å². The molecule has 0 fully saturated rings. The Bertz CT molecular complexity index is 753. The maximum atomic E-state index is 5.95. The van der Waals surface area contributed by atoms with E-state index in [0.717, 1.165) is 23.1 Å². The van der Waals surface area contributed by atoms with Crippen molar-refractivity contribution in [2.45, 2.75) is 19.4 Å². The van der Waals surface area contributed by atoms with E-state index in [2.05, 4.69) is 23.2 Å². The first-order chi connectivity index (χ1) is 10.2. The second-order valence-electron chi connectivity index (χ2n) is 5.26. The van der Waals surface area contributed by atoms with Gasteiger partial charge in [-0.3, -0.25) is 0 Å². The molecule has 3 heteroatoms. The van der Waals surface area contributed by atoms with Gasteiger partial charge < -0.3 is 10.5 Å². The molecule has 1 atom stereocenters.